The number of nitrogens with zero attached hydrogens (tertiary/aromatic N) is 1. The Kier molecular flexibility index (Phi) is 5.03. The lowest BCUT2D eigenvalue weighted by Crippen LogP contribution is -2.40. The summed E-state index contributed by atoms with van der Waals surface area (Å²) in [6.07, 6.45) is 7.32. The quantitative estimate of drug-likeness (QED) is 0.834. The molecule has 0 bridgehead atoms. The molecule has 24 heavy (non-hydrogen) atoms. The van der Waals surface area contributed by atoms with Crippen LogP contribution in [-0.2, 0) is 4.79 Å². The zero-order chi connectivity index (χ0) is 16.9. The van der Waals surface area contributed by atoms with Crippen LogP contribution in [0.5, 0.6) is 5.75 Å². The predicted octanol–water partition coefficient (Wildman–Crippen LogP) is 3.05. The van der Waals surface area contributed by atoms with Crippen molar-refractivity contribution in [3.05, 3.63) is 30.9 Å². The molecular weight excluding hydrogens is 306 g/mol. The van der Waals surface area contributed by atoms with Gasteiger partial charge in [0.1, 0.15) is 5.75 Å². The van der Waals surface area contributed by atoms with Gasteiger partial charge in [0.05, 0.1) is 5.69 Å². The van der Waals surface area contributed by atoms with E-state index in [1.54, 1.807) is 29.2 Å². The van der Waals surface area contributed by atoms with Gasteiger partial charge in [-0.3, -0.25) is 4.79 Å². The number of hydrogen-bond donors (Lipinski definition) is 2. The molecule has 2 N–H and O–H groups in total. The van der Waals surface area contributed by atoms with Crippen molar-refractivity contribution in [3.8, 4) is 5.75 Å². The lowest BCUT2D eigenvalue weighted by atomic mass is 9.96. The Balaban J connectivity index is 1.69. The van der Waals surface area contributed by atoms with Crippen molar-refractivity contribution < 1.29 is 14.3 Å². The van der Waals surface area contributed by atoms with Crippen LogP contribution in [0.15, 0.2) is 30.9 Å². The second-order valence-electron chi connectivity index (χ2n) is 6.20. The van der Waals surface area contributed by atoms with Gasteiger partial charge in [0.25, 0.3) is 5.91 Å². The van der Waals surface area contributed by atoms with E-state index in [2.05, 4.69) is 17.2 Å². The number of anilines is 2. The molecular formula is C18H23N3O3. The topological polar surface area (TPSA) is 70.7 Å². The molecule has 1 aliphatic carbocycles. The Morgan fingerprint density at radius 2 is 2.12 bits per heavy atom. The maximum atomic E-state index is 12.2. The number of urea groups is 1. The average molecular weight is 329 g/mol. The van der Waals surface area contributed by atoms with E-state index in [4.69, 9.17) is 4.74 Å². The van der Waals surface area contributed by atoms with E-state index in [9.17, 15) is 9.59 Å². The van der Waals surface area contributed by atoms with Gasteiger partial charge in [-0.15, -0.1) is 6.58 Å². The van der Waals surface area contributed by atoms with Crippen LogP contribution >= 0.6 is 0 Å². The molecule has 128 valence electrons. The molecule has 0 unspecified atom stereocenters. The Morgan fingerprint density at radius 3 is 2.88 bits per heavy atom. The first-order valence-electron chi connectivity index (χ1n) is 8.43. The fourth-order valence-electron chi connectivity index (χ4n) is 3.21. The summed E-state index contributed by atoms with van der Waals surface area (Å²) in [5.41, 5.74) is 1.29. The van der Waals surface area contributed by atoms with Crippen LogP contribution in [0.1, 0.15) is 32.1 Å². The van der Waals surface area contributed by atoms with Crippen molar-refractivity contribution in [2.45, 2.75) is 38.1 Å². The molecule has 1 heterocycles. The zero-order valence-corrected chi connectivity index (χ0v) is 13.7. The second-order valence-corrected chi connectivity index (χ2v) is 6.20. The molecule has 1 aromatic carbocycles. The molecule has 2 aliphatic rings. The molecule has 0 aromatic heterocycles. The summed E-state index contributed by atoms with van der Waals surface area (Å²) in [7, 11) is 0. The number of hydrogen-bond acceptors (Lipinski definition) is 3. The van der Waals surface area contributed by atoms with Gasteiger partial charge in [-0.05, 0) is 31.0 Å². The number of nitrogens with one attached hydrogen (secondary N) is 2. The van der Waals surface area contributed by atoms with E-state index in [1.807, 2.05) is 0 Å². The maximum absolute atomic E-state index is 12.2. The molecule has 0 saturated heterocycles. The molecule has 1 aromatic rings. The monoisotopic (exact) mass is 329 g/mol. The summed E-state index contributed by atoms with van der Waals surface area (Å²) in [5.74, 6) is 0.515. The molecule has 6 heteroatoms. The molecule has 1 aliphatic heterocycles. The van der Waals surface area contributed by atoms with E-state index < -0.39 is 0 Å². The van der Waals surface area contributed by atoms with Gasteiger partial charge < -0.3 is 20.3 Å². The van der Waals surface area contributed by atoms with E-state index in [-0.39, 0.29) is 24.6 Å². The van der Waals surface area contributed by atoms with Gasteiger partial charge in [0, 0.05) is 18.3 Å². The van der Waals surface area contributed by atoms with E-state index in [0.717, 1.165) is 12.8 Å². The molecule has 0 spiro atoms. The van der Waals surface area contributed by atoms with Crippen LogP contribution in [0.3, 0.4) is 0 Å². The Hall–Kier alpha value is -2.50. The minimum Gasteiger partial charge on any atom is -0.482 e. The maximum Gasteiger partial charge on any atom is 0.319 e. The lowest BCUT2D eigenvalue weighted by molar-refractivity contribution is -0.121. The summed E-state index contributed by atoms with van der Waals surface area (Å²) >= 11 is 0. The molecule has 1 saturated carbocycles. The van der Waals surface area contributed by atoms with Crippen LogP contribution in [0.25, 0.3) is 0 Å². The number of amides is 3. The van der Waals surface area contributed by atoms with Crippen LogP contribution < -0.4 is 20.3 Å². The van der Waals surface area contributed by atoms with Gasteiger partial charge in [-0.1, -0.05) is 25.3 Å². The Bertz CT molecular complexity index is 638. The van der Waals surface area contributed by atoms with Crippen molar-refractivity contribution in [1.82, 2.24) is 5.32 Å². The summed E-state index contributed by atoms with van der Waals surface area (Å²) in [4.78, 5) is 25.8. The number of benzene rings is 1. The highest BCUT2D eigenvalue weighted by molar-refractivity contribution is 5.99. The second kappa shape index (κ2) is 7.38. The lowest BCUT2D eigenvalue weighted by Gasteiger charge is -2.29. The first-order chi connectivity index (χ1) is 11.7. The standard InChI is InChI=1S/C18H23N3O3/c1-2-10-21-15-11-14(8-9-16(15)24-12-17(21)22)20-18(23)19-13-6-4-3-5-7-13/h2,8-9,11,13H,1,3-7,10,12H2,(H2,19,20,23). The van der Waals surface area contributed by atoms with E-state index in [1.165, 1.54) is 19.3 Å². The minimum absolute atomic E-state index is 0.0236. The van der Waals surface area contributed by atoms with Gasteiger partial charge in [0.2, 0.25) is 0 Å². The number of ether oxygens (including phenoxy) is 1. The van der Waals surface area contributed by atoms with Crippen LogP contribution in [0.4, 0.5) is 16.2 Å². The predicted molar refractivity (Wildman–Crippen MR) is 93.5 cm³/mol. The van der Waals surface area contributed by atoms with Crippen molar-refractivity contribution in [2.24, 2.45) is 0 Å². The molecule has 0 atom stereocenters. The summed E-state index contributed by atoms with van der Waals surface area (Å²) < 4.78 is 5.44. The number of carbonyl (C=O) groups is 2. The minimum atomic E-state index is -0.208. The van der Waals surface area contributed by atoms with Crippen LogP contribution in [0.2, 0.25) is 0 Å². The Morgan fingerprint density at radius 1 is 1.33 bits per heavy atom. The van der Waals surface area contributed by atoms with Crippen molar-refractivity contribution in [1.29, 1.82) is 0 Å². The molecule has 6 nitrogen and oxygen atoms in total. The molecule has 3 rings (SSSR count). The summed E-state index contributed by atoms with van der Waals surface area (Å²) in [5, 5.41) is 5.86. The van der Waals surface area contributed by atoms with Crippen LogP contribution in [0, 0.1) is 0 Å². The third kappa shape index (κ3) is 3.69. The first kappa shape index (κ1) is 16.4. The van der Waals surface area contributed by atoms with E-state index >= 15 is 0 Å². The highest BCUT2D eigenvalue weighted by Crippen LogP contribution is 2.34. The number of carbonyl (C=O) groups excluding carboxylic acids is 2. The summed E-state index contributed by atoms with van der Waals surface area (Å²) in [6, 6.07) is 5.35. The van der Waals surface area contributed by atoms with Gasteiger partial charge >= 0.3 is 6.03 Å². The molecule has 1 fully saturated rings. The largest absolute Gasteiger partial charge is 0.482 e. The average Bonchev–Trinajstić information content (AvgIpc) is 2.58. The highest BCUT2D eigenvalue weighted by Gasteiger charge is 2.25. The van der Waals surface area contributed by atoms with Crippen molar-refractivity contribution >= 4 is 23.3 Å². The number of fused-ring (bicyclic) bond motifs is 1. The first-order valence-corrected chi connectivity index (χ1v) is 8.43. The fraction of sp³-hybridized carbons (Fsp3) is 0.444. The van der Waals surface area contributed by atoms with Gasteiger partial charge in [-0.2, -0.15) is 0 Å². The molecule has 3 amide bonds. The third-order valence-electron chi connectivity index (χ3n) is 4.41. The van der Waals surface area contributed by atoms with Crippen molar-refractivity contribution in [3.63, 3.8) is 0 Å². The number of rotatable bonds is 4. The van der Waals surface area contributed by atoms with Crippen molar-refractivity contribution in [2.75, 3.05) is 23.4 Å². The van der Waals surface area contributed by atoms with Gasteiger partial charge in [-0.25, -0.2) is 4.79 Å². The van der Waals surface area contributed by atoms with E-state index in [0.29, 0.717) is 23.7 Å². The summed E-state index contributed by atoms with van der Waals surface area (Å²) in [6.45, 7) is 4.12. The van der Waals surface area contributed by atoms with Crippen LogP contribution in [-0.4, -0.2) is 31.1 Å². The highest BCUT2D eigenvalue weighted by atomic mass is 16.5. The SMILES string of the molecule is C=CCN1C(=O)COc2ccc(NC(=O)NC3CCCCC3)cc21. The molecule has 0 radical (unpaired) electrons. The smallest absolute Gasteiger partial charge is 0.319 e. The zero-order valence-electron chi connectivity index (χ0n) is 13.7. The normalized spacial score (nSPS) is 17.7. The third-order valence-corrected chi connectivity index (χ3v) is 4.41. The Labute approximate surface area is 141 Å². The van der Waals surface area contributed by atoms with Gasteiger partial charge in [0.15, 0.2) is 6.61 Å². The fourth-order valence-corrected chi connectivity index (χ4v) is 3.21.